The second kappa shape index (κ2) is 4.13. The summed E-state index contributed by atoms with van der Waals surface area (Å²) in [7, 11) is 0. The summed E-state index contributed by atoms with van der Waals surface area (Å²) >= 11 is 6.18. The van der Waals surface area contributed by atoms with E-state index in [0.29, 0.717) is 29.1 Å². The van der Waals surface area contributed by atoms with Crippen molar-refractivity contribution in [1.82, 2.24) is 0 Å². The predicted molar refractivity (Wildman–Crippen MR) is 73.3 cm³/mol. The van der Waals surface area contributed by atoms with E-state index in [1.165, 1.54) is 0 Å². The number of carbonyl (C=O) groups excluding carboxylic acids is 1. The molecule has 2 N–H and O–H groups in total. The van der Waals surface area contributed by atoms with E-state index >= 15 is 0 Å². The Kier molecular flexibility index (Phi) is 2.21. The van der Waals surface area contributed by atoms with Crippen molar-refractivity contribution in [3.8, 4) is 0 Å². The van der Waals surface area contributed by atoms with Crippen molar-refractivity contribution < 1.29 is 7.54 Å². The third kappa shape index (κ3) is 1.67. The smallest absolute Gasteiger partial charge is 0.224 e. The molecule has 0 heterocycles. The lowest BCUT2D eigenvalue weighted by Crippen LogP contribution is -2.27. The summed E-state index contributed by atoms with van der Waals surface area (Å²) in [6.45, 7) is 1.77. The molecule has 3 rings (SSSR count). The molecule has 2 aliphatic rings. The predicted octanol–water partition coefficient (Wildman–Crippen LogP) is 3.24. The fraction of sp³-hybridized carbons (Fsp3) is 0.400. The molecule has 2 nitrogen and oxygen atoms in total. The third-order valence-corrected chi connectivity index (χ3v) is 4.32. The quantitative estimate of drug-likeness (QED) is 0.830. The van der Waals surface area contributed by atoms with E-state index in [0.717, 1.165) is 41.5 Å². The summed E-state index contributed by atoms with van der Waals surface area (Å²) in [6, 6.07) is 0.698. The van der Waals surface area contributed by atoms with Crippen molar-refractivity contribution in [2.45, 2.75) is 32.6 Å². The summed E-state index contributed by atoms with van der Waals surface area (Å²) < 4.78 is 16.5. The van der Waals surface area contributed by atoms with Crippen LogP contribution < -0.4 is 5.73 Å². The van der Waals surface area contributed by atoms with Gasteiger partial charge in [-0.25, -0.2) is 0 Å². The molecule has 1 aromatic carbocycles. The highest BCUT2D eigenvalue weighted by Crippen LogP contribution is 2.45. The topological polar surface area (TPSA) is 43.1 Å². The molecule has 1 atom stereocenters. The first-order valence-corrected chi connectivity index (χ1v) is 6.61. The van der Waals surface area contributed by atoms with Crippen LogP contribution in [0.4, 0.5) is 0 Å². The molecule has 1 aromatic rings. The summed E-state index contributed by atoms with van der Waals surface area (Å²) in [4.78, 5) is 11.6. The van der Waals surface area contributed by atoms with Gasteiger partial charge in [-0.15, -0.1) is 0 Å². The summed E-state index contributed by atoms with van der Waals surface area (Å²) in [5, 5.41) is 0.351. The van der Waals surface area contributed by atoms with Crippen LogP contribution in [0.3, 0.4) is 0 Å². The molecule has 94 valence electrons. The Morgan fingerprint density at radius 1 is 1.56 bits per heavy atom. The van der Waals surface area contributed by atoms with Crippen LogP contribution in [-0.2, 0) is 11.2 Å². The van der Waals surface area contributed by atoms with Crippen LogP contribution in [0.15, 0.2) is 17.7 Å². The van der Waals surface area contributed by atoms with Crippen molar-refractivity contribution in [3.63, 3.8) is 0 Å². The first-order chi connectivity index (χ1) is 9.43. The molecule has 0 spiro atoms. The van der Waals surface area contributed by atoms with Crippen molar-refractivity contribution >= 4 is 23.1 Å². The minimum Gasteiger partial charge on any atom is -0.369 e. The normalized spacial score (nSPS) is 23.3. The van der Waals surface area contributed by atoms with Gasteiger partial charge in [-0.2, -0.15) is 0 Å². The number of amides is 1. The highest BCUT2D eigenvalue weighted by molar-refractivity contribution is 6.31. The molecule has 1 unspecified atom stereocenters. The van der Waals surface area contributed by atoms with Crippen LogP contribution in [0.2, 0.25) is 5.02 Å². The molecule has 18 heavy (non-hydrogen) atoms. The van der Waals surface area contributed by atoms with E-state index in [4.69, 9.17) is 20.1 Å². The second-order valence-corrected chi connectivity index (χ2v) is 5.45. The number of rotatable bonds is 1. The SMILES string of the molecule is [2H]c1c(C)c(Cl)c([2H])c2c1CC1=C2CCCC1C(N)=O. The van der Waals surface area contributed by atoms with Gasteiger partial charge in [0.05, 0.1) is 8.66 Å². The van der Waals surface area contributed by atoms with Gasteiger partial charge in [0.25, 0.3) is 0 Å². The Morgan fingerprint density at radius 3 is 3.06 bits per heavy atom. The molecule has 0 saturated carbocycles. The number of allylic oxidation sites excluding steroid dienone is 1. The lowest BCUT2D eigenvalue weighted by atomic mass is 9.82. The minimum atomic E-state index is -0.300. The lowest BCUT2D eigenvalue weighted by Gasteiger charge is -2.22. The molecule has 0 aromatic heterocycles. The molecular formula is C15H16ClNO. The Hall–Kier alpha value is -1.28. The van der Waals surface area contributed by atoms with Crippen molar-refractivity contribution in [3.05, 3.63) is 39.4 Å². The number of halogens is 1. The highest BCUT2D eigenvalue weighted by Gasteiger charge is 2.33. The lowest BCUT2D eigenvalue weighted by molar-refractivity contribution is -0.121. The zero-order valence-electron chi connectivity index (χ0n) is 12.3. The van der Waals surface area contributed by atoms with E-state index in [1.807, 2.05) is 0 Å². The van der Waals surface area contributed by atoms with Crippen LogP contribution in [0.1, 0.15) is 38.7 Å². The van der Waals surface area contributed by atoms with Gasteiger partial charge < -0.3 is 5.73 Å². The van der Waals surface area contributed by atoms with Crippen LogP contribution in [0.5, 0.6) is 0 Å². The van der Waals surface area contributed by atoms with Gasteiger partial charge in [0.15, 0.2) is 0 Å². The van der Waals surface area contributed by atoms with Gasteiger partial charge in [0.1, 0.15) is 0 Å². The summed E-state index contributed by atoms with van der Waals surface area (Å²) in [5.41, 5.74) is 9.83. The standard InChI is InChI=1S/C15H16ClNO/c1-8-5-9-6-13-10(12(9)7-14(8)16)3-2-4-11(13)15(17)18/h5,7,11H,2-4,6H2,1H3,(H2,17,18)/i5D,7D. The molecule has 0 radical (unpaired) electrons. The highest BCUT2D eigenvalue weighted by atomic mass is 35.5. The Bertz CT molecular complexity index is 667. The zero-order chi connectivity index (χ0) is 14.6. The third-order valence-electron chi connectivity index (χ3n) is 3.94. The number of carbonyl (C=O) groups is 1. The van der Waals surface area contributed by atoms with Gasteiger partial charge >= 0.3 is 0 Å². The van der Waals surface area contributed by atoms with Crippen LogP contribution in [0.25, 0.3) is 5.57 Å². The van der Waals surface area contributed by atoms with Crippen molar-refractivity contribution in [1.29, 1.82) is 0 Å². The van der Waals surface area contributed by atoms with Gasteiger partial charge in [0.2, 0.25) is 5.91 Å². The monoisotopic (exact) mass is 263 g/mol. The van der Waals surface area contributed by atoms with Crippen LogP contribution >= 0.6 is 11.6 Å². The molecule has 0 aliphatic heterocycles. The molecule has 1 amide bonds. The first-order valence-electron chi connectivity index (χ1n) is 7.23. The first kappa shape index (κ1) is 9.62. The average Bonchev–Trinajstić information content (AvgIpc) is 2.81. The fourth-order valence-corrected chi connectivity index (χ4v) is 3.20. The molecule has 2 aliphatic carbocycles. The second-order valence-electron chi connectivity index (χ2n) is 5.07. The Balaban J connectivity index is 2.23. The Morgan fingerprint density at radius 2 is 2.33 bits per heavy atom. The number of benzene rings is 1. The van der Waals surface area contributed by atoms with E-state index < -0.39 is 0 Å². The average molecular weight is 264 g/mol. The maximum Gasteiger partial charge on any atom is 0.224 e. The maximum absolute atomic E-state index is 11.6. The number of hydrogen-bond donors (Lipinski definition) is 1. The Labute approximate surface area is 115 Å². The van der Waals surface area contributed by atoms with Crippen molar-refractivity contribution in [2.24, 2.45) is 11.7 Å². The number of primary amides is 1. The van der Waals surface area contributed by atoms with Crippen LogP contribution in [0, 0.1) is 12.8 Å². The number of hydrogen-bond acceptors (Lipinski definition) is 1. The summed E-state index contributed by atoms with van der Waals surface area (Å²) in [5.74, 6) is -0.546. The number of nitrogens with two attached hydrogens (primary N) is 1. The maximum atomic E-state index is 11.6. The largest absolute Gasteiger partial charge is 0.369 e. The van der Waals surface area contributed by atoms with Crippen molar-refractivity contribution in [2.75, 3.05) is 0 Å². The van der Waals surface area contributed by atoms with E-state index in [9.17, 15) is 4.79 Å². The van der Waals surface area contributed by atoms with E-state index in [2.05, 4.69) is 0 Å². The zero-order valence-corrected chi connectivity index (χ0v) is 11.0. The van der Waals surface area contributed by atoms with E-state index in [1.54, 1.807) is 6.92 Å². The fourth-order valence-electron chi connectivity index (χ4n) is 3.06. The molecular weight excluding hydrogens is 246 g/mol. The summed E-state index contributed by atoms with van der Waals surface area (Å²) in [6.07, 6.45) is 3.08. The van der Waals surface area contributed by atoms with Crippen LogP contribution in [-0.4, -0.2) is 5.91 Å². The van der Waals surface area contributed by atoms with Gasteiger partial charge in [-0.05, 0) is 66.5 Å². The molecule has 0 saturated heterocycles. The molecule has 0 fully saturated rings. The van der Waals surface area contributed by atoms with E-state index in [-0.39, 0.29) is 11.8 Å². The van der Waals surface area contributed by atoms with Gasteiger partial charge in [0, 0.05) is 5.02 Å². The molecule has 3 heteroatoms. The van der Waals surface area contributed by atoms with Gasteiger partial charge in [-0.3, -0.25) is 4.79 Å². The minimum absolute atomic E-state index is 0.246. The van der Waals surface area contributed by atoms with Gasteiger partial charge in [-0.1, -0.05) is 17.6 Å². The molecule has 0 bridgehead atoms. The number of fused-ring (bicyclic) bond motifs is 2.